The van der Waals surface area contributed by atoms with Crippen LogP contribution in [0, 0.1) is 6.92 Å². The second-order valence-corrected chi connectivity index (χ2v) is 6.34. The molecule has 0 unspecified atom stereocenters. The zero-order chi connectivity index (χ0) is 16.5. The Morgan fingerprint density at radius 2 is 2.08 bits per heavy atom. The van der Waals surface area contributed by atoms with Crippen LogP contribution >= 0.6 is 0 Å². The molecule has 0 radical (unpaired) electrons. The molecule has 6 heteroatoms. The van der Waals surface area contributed by atoms with Crippen molar-refractivity contribution in [2.75, 3.05) is 18.4 Å². The van der Waals surface area contributed by atoms with E-state index in [1.165, 1.54) is 16.5 Å². The van der Waals surface area contributed by atoms with Gasteiger partial charge in [0.05, 0.1) is 23.4 Å². The molecule has 0 amide bonds. The van der Waals surface area contributed by atoms with Gasteiger partial charge in [-0.15, -0.1) is 0 Å². The summed E-state index contributed by atoms with van der Waals surface area (Å²) >= 11 is 0. The van der Waals surface area contributed by atoms with Crippen molar-refractivity contribution in [3.8, 4) is 0 Å². The van der Waals surface area contributed by atoms with Gasteiger partial charge in [0.25, 0.3) is 0 Å². The zero-order valence-electron chi connectivity index (χ0n) is 14.1. The minimum atomic E-state index is 0.664. The van der Waals surface area contributed by atoms with Crippen LogP contribution < -0.4 is 10.6 Å². The van der Waals surface area contributed by atoms with E-state index < -0.39 is 0 Å². The number of nitrogens with zero attached hydrogens (tertiary/aromatic N) is 4. The number of aryl methyl sites for hydroxylation is 2. The fourth-order valence-electron chi connectivity index (χ4n) is 3.37. The highest BCUT2D eigenvalue weighted by Crippen LogP contribution is 2.22. The first-order valence-corrected chi connectivity index (χ1v) is 8.42. The van der Waals surface area contributed by atoms with E-state index >= 15 is 0 Å². The van der Waals surface area contributed by atoms with E-state index in [4.69, 9.17) is 0 Å². The number of nitrogens with one attached hydrogen (secondary N) is 2. The van der Waals surface area contributed by atoms with Gasteiger partial charge in [-0.3, -0.25) is 4.68 Å². The fraction of sp³-hybridized carbons (Fsp3) is 0.389. The van der Waals surface area contributed by atoms with E-state index in [-0.39, 0.29) is 0 Å². The maximum absolute atomic E-state index is 4.67. The summed E-state index contributed by atoms with van der Waals surface area (Å²) in [7, 11) is 1.99. The minimum Gasteiger partial charge on any atom is -0.364 e. The lowest BCUT2D eigenvalue weighted by molar-refractivity contribution is 0.708. The molecule has 0 aliphatic carbocycles. The number of benzene rings is 1. The van der Waals surface area contributed by atoms with Crippen LogP contribution in [0.25, 0.3) is 10.9 Å². The van der Waals surface area contributed by atoms with Gasteiger partial charge < -0.3 is 10.6 Å². The molecule has 0 fully saturated rings. The summed E-state index contributed by atoms with van der Waals surface area (Å²) in [6, 6.07) is 6.45. The summed E-state index contributed by atoms with van der Waals surface area (Å²) in [5.41, 5.74) is 5.84. The van der Waals surface area contributed by atoms with Gasteiger partial charge in [-0.25, -0.2) is 9.97 Å². The maximum Gasteiger partial charge on any atom is 0.133 e. The number of anilines is 1. The Balaban J connectivity index is 1.63. The third kappa shape index (κ3) is 2.73. The maximum atomic E-state index is 4.67. The molecule has 0 saturated carbocycles. The number of hydrogen-bond donors (Lipinski definition) is 2. The third-order valence-corrected chi connectivity index (χ3v) is 4.63. The molecule has 1 aromatic carbocycles. The SMILES string of the molecule is Cc1ccc2c(c1)c(CNc1ncnc3c1CCNCC3)nn2C. The Morgan fingerprint density at radius 3 is 3.00 bits per heavy atom. The highest BCUT2D eigenvalue weighted by Gasteiger charge is 2.15. The van der Waals surface area contributed by atoms with Crippen molar-refractivity contribution >= 4 is 16.7 Å². The first-order valence-electron chi connectivity index (χ1n) is 8.42. The molecule has 3 heterocycles. The zero-order valence-corrected chi connectivity index (χ0v) is 14.1. The lowest BCUT2D eigenvalue weighted by Gasteiger charge is -2.11. The van der Waals surface area contributed by atoms with Gasteiger partial charge >= 0.3 is 0 Å². The van der Waals surface area contributed by atoms with Gasteiger partial charge in [-0.2, -0.15) is 5.10 Å². The average Bonchev–Trinajstić information content (AvgIpc) is 2.76. The van der Waals surface area contributed by atoms with Gasteiger partial charge in [0, 0.05) is 31.0 Å². The van der Waals surface area contributed by atoms with Crippen molar-refractivity contribution in [2.24, 2.45) is 7.05 Å². The van der Waals surface area contributed by atoms with E-state index in [2.05, 4.69) is 50.8 Å². The molecule has 0 saturated heterocycles. The standard InChI is InChI=1S/C18H22N6/c1-12-3-4-17-14(9-12)16(23-24(17)2)10-20-18-13-5-7-19-8-6-15(13)21-11-22-18/h3-4,9,11,19H,5-8,10H2,1-2H3,(H,20,21,22). The van der Waals surface area contributed by atoms with Crippen molar-refractivity contribution in [3.63, 3.8) is 0 Å². The monoisotopic (exact) mass is 322 g/mol. The van der Waals surface area contributed by atoms with Gasteiger partial charge in [0.2, 0.25) is 0 Å². The quantitative estimate of drug-likeness (QED) is 0.772. The summed E-state index contributed by atoms with van der Waals surface area (Å²) < 4.78 is 1.94. The predicted octanol–water partition coefficient (Wildman–Crippen LogP) is 1.97. The van der Waals surface area contributed by atoms with Crippen molar-refractivity contribution in [1.29, 1.82) is 0 Å². The molecular weight excluding hydrogens is 300 g/mol. The second kappa shape index (κ2) is 6.20. The van der Waals surface area contributed by atoms with Crippen LogP contribution in [0.3, 0.4) is 0 Å². The minimum absolute atomic E-state index is 0.664. The Kier molecular flexibility index (Phi) is 3.90. The van der Waals surface area contributed by atoms with Crippen LogP contribution in [0.1, 0.15) is 22.5 Å². The van der Waals surface area contributed by atoms with E-state index in [9.17, 15) is 0 Å². The molecule has 124 valence electrons. The molecule has 1 aliphatic rings. The number of rotatable bonds is 3. The van der Waals surface area contributed by atoms with E-state index in [0.29, 0.717) is 6.54 Å². The van der Waals surface area contributed by atoms with Crippen molar-refractivity contribution < 1.29 is 0 Å². The number of fused-ring (bicyclic) bond motifs is 2. The number of hydrogen-bond acceptors (Lipinski definition) is 5. The smallest absolute Gasteiger partial charge is 0.133 e. The Morgan fingerprint density at radius 1 is 1.21 bits per heavy atom. The van der Waals surface area contributed by atoms with E-state index in [0.717, 1.165) is 48.7 Å². The Hall–Kier alpha value is -2.47. The van der Waals surface area contributed by atoms with Crippen molar-refractivity contribution in [2.45, 2.75) is 26.3 Å². The summed E-state index contributed by atoms with van der Waals surface area (Å²) in [6.45, 7) is 4.73. The van der Waals surface area contributed by atoms with Crippen LogP contribution in [0.15, 0.2) is 24.5 Å². The molecule has 24 heavy (non-hydrogen) atoms. The molecule has 0 spiro atoms. The number of aromatic nitrogens is 4. The normalized spacial score (nSPS) is 14.4. The molecular formula is C18H22N6. The second-order valence-electron chi connectivity index (χ2n) is 6.34. The van der Waals surface area contributed by atoms with Crippen molar-refractivity contribution in [1.82, 2.24) is 25.1 Å². The molecule has 6 nitrogen and oxygen atoms in total. The molecule has 3 aromatic rings. The molecule has 0 bridgehead atoms. The predicted molar refractivity (Wildman–Crippen MR) is 95.1 cm³/mol. The van der Waals surface area contributed by atoms with Gasteiger partial charge in [0.15, 0.2) is 0 Å². The fourth-order valence-corrected chi connectivity index (χ4v) is 3.37. The third-order valence-electron chi connectivity index (χ3n) is 4.63. The molecule has 0 atom stereocenters. The van der Waals surface area contributed by atoms with Crippen LogP contribution in [-0.2, 0) is 26.4 Å². The lowest BCUT2D eigenvalue weighted by atomic mass is 10.1. The average molecular weight is 322 g/mol. The van der Waals surface area contributed by atoms with Gasteiger partial charge in [-0.1, -0.05) is 11.6 Å². The van der Waals surface area contributed by atoms with Crippen LogP contribution in [0.5, 0.6) is 0 Å². The van der Waals surface area contributed by atoms with Crippen molar-refractivity contribution in [3.05, 3.63) is 47.0 Å². The van der Waals surface area contributed by atoms with Crippen LogP contribution in [0.4, 0.5) is 5.82 Å². The van der Waals surface area contributed by atoms with Crippen LogP contribution in [-0.4, -0.2) is 32.8 Å². The molecule has 1 aliphatic heterocycles. The van der Waals surface area contributed by atoms with Crippen LogP contribution in [0.2, 0.25) is 0 Å². The molecule has 4 rings (SSSR count). The molecule has 2 N–H and O–H groups in total. The first kappa shape index (κ1) is 15.1. The van der Waals surface area contributed by atoms with E-state index in [1.54, 1.807) is 6.33 Å². The molecule has 2 aromatic heterocycles. The highest BCUT2D eigenvalue weighted by molar-refractivity contribution is 5.82. The van der Waals surface area contributed by atoms with E-state index in [1.807, 2.05) is 11.7 Å². The lowest BCUT2D eigenvalue weighted by Crippen LogP contribution is -2.16. The Bertz CT molecular complexity index is 883. The largest absolute Gasteiger partial charge is 0.364 e. The Labute approximate surface area is 141 Å². The first-order chi connectivity index (χ1) is 11.7. The van der Waals surface area contributed by atoms with Gasteiger partial charge in [0.1, 0.15) is 12.1 Å². The summed E-state index contributed by atoms with van der Waals surface area (Å²) in [6.07, 6.45) is 3.58. The van der Waals surface area contributed by atoms with Gasteiger partial charge in [-0.05, 0) is 32.0 Å². The summed E-state index contributed by atoms with van der Waals surface area (Å²) in [4.78, 5) is 8.92. The topological polar surface area (TPSA) is 67.7 Å². The highest BCUT2D eigenvalue weighted by atomic mass is 15.3. The summed E-state index contributed by atoms with van der Waals surface area (Å²) in [5.74, 6) is 0.940. The summed E-state index contributed by atoms with van der Waals surface area (Å²) in [5, 5.41) is 12.8.